The molecule has 0 aliphatic heterocycles. The molecule has 0 radical (unpaired) electrons. The lowest BCUT2D eigenvalue weighted by Crippen LogP contribution is -2.15. The van der Waals surface area contributed by atoms with E-state index in [-0.39, 0.29) is 12.0 Å². The van der Waals surface area contributed by atoms with Crippen LogP contribution in [-0.4, -0.2) is 18.8 Å². The second-order valence-corrected chi connectivity index (χ2v) is 4.79. The van der Waals surface area contributed by atoms with E-state index >= 15 is 0 Å². The molecule has 0 saturated carbocycles. The molecule has 0 amide bonds. The minimum absolute atomic E-state index is 0.0154. The molecule has 0 aromatic heterocycles. The van der Waals surface area contributed by atoms with Gasteiger partial charge in [-0.3, -0.25) is 0 Å². The number of hydrogen-bond donors (Lipinski definition) is 1. The van der Waals surface area contributed by atoms with Crippen molar-refractivity contribution in [2.24, 2.45) is 5.41 Å². The van der Waals surface area contributed by atoms with Crippen LogP contribution in [0.4, 0.5) is 0 Å². The van der Waals surface area contributed by atoms with Crippen LogP contribution in [-0.2, 0) is 4.74 Å². The van der Waals surface area contributed by atoms with Gasteiger partial charge >= 0.3 is 0 Å². The van der Waals surface area contributed by atoms with Gasteiger partial charge in [0.15, 0.2) is 0 Å². The summed E-state index contributed by atoms with van der Waals surface area (Å²) < 4.78 is 5.44. The maximum atomic E-state index is 9.49. The Hall–Kier alpha value is -1.28. The Bertz CT molecular complexity index is 358. The van der Waals surface area contributed by atoms with Gasteiger partial charge in [0.1, 0.15) is 5.76 Å². The highest BCUT2D eigenvalue weighted by atomic mass is 16.5. The topological polar surface area (TPSA) is 29.5 Å². The van der Waals surface area contributed by atoms with E-state index in [9.17, 15) is 5.11 Å². The molecule has 0 unspecified atom stereocenters. The largest absolute Gasteiger partial charge is 0.496 e. The molecule has 0 atom stereocenters. The van der Waals surface area contributed by atoms with Crippen LogP contribution in [0.5, 0.6) is 0 Å². The van der Waals surface area contributed by atoms with Gasteiger partial charge in [-0.2, -0.15) is 0 Å². The molecule has 1 N–H and O–H groups in total. The zero-order valence-electron chi connectivity index (χ0n) is 10.4. The summed E-state index contributed by atoms with van der Waals surface area (Å²) in [6, 6.07) is 9.87. The molecule has 0 heterocycles. The van der Waals surface area contributed by atoms with Crippen LogP contribution < -0.4 is 0 Å². The van der Waals surface area contributed by atoms with E-state index in [2.05, 4.69) is 20.8 Å². The molecule has 88 valence electrons. The second kappa shape index (κ2) is 5.17. The average molecular weight is 220 g/mol. The minimum Gasteiger partial charge on any atom is -0.496 e. The first kappa shape index (κ1) is 12.8. The van der Waals surface area contributed by atoms with Crippen LogP contribution in [0.2, 0.25) is 0 Å². The van der Waals surface area contributed by atoms with Crippen LogP contribution in [0.25, 0.3) is 5.76 Å². The molecule has 0 saturated heterocycles. The second-order valence-electron chi connectivity index (χ2n) is 4.79. The quantitative estimate of drug-likeness (QED) is 0.793. The summed E-state index contributed by atoms with van der Waals surface area (Å²) in [6.45, 7) is 6.23. The lowest BCUT2D eigenvalue weighted by molar-refractivity contribution is 0.280. The number of ether oxygens (including phenoxy) is 1. The molecule has 0 fully saturated rings. The number of rotatable bonds is 3. The third-order valence-electron chi connectivity index (χ3n) is 2.58. The summed E-state index contributed by atoms with van der Waals surface area (Å²) in [5, 5.41) is 9.49. The molecule has 0 spiro atoms. The number of methoxy groups -OCH3 is 1. The third-order valence-corrected chi connectivity index (χ3v) is 2.58. The molecule has 0 aliphatic rings. The summed E-state index contributed by atoms with van der Waals surface area (Å²) in [5.41, 5.74) is 1.82. The van der Waals surface area contributed by atoms with Crippen molar-refractivity contribution in [1.29, 1.82) is 0 Å². The van der Waals surface area contributed by atoms with Crippen molar-refractivity contribution in [3.05, 3.63) is 41.5 Å². The van der Waals surface area contributed by atoms with Crippen molar-refractivity contribution in [2.75, 3.05) is 13.7 Å². The summed E-state index contributed by atoms with van der Waals surface area (Å²) in [6.07, 6.45) is 0. The van der Waals surface area contributed by atoms with Gasteiger partial charge in [-0.15, -0.1) is 0 Å². The average Bonchev–Trinajstić information content (AvgIpc) is 2.25. The fourth-order valence-electron chi connectivity index (χ4n) is 1.65. The number of aliphatic hydroxyl groups excluding tert-OH is 1. The first-order valence-corrected chi connectivity index (χ1v) is 5.44. The van der Waals surface area contributed by atoms with E-state index < -0.39 is 0 Å². The highest BCUT2D eigenvalue weighted by molar-refractivity contribution is 5.64. The SMILES string of the molecule is COC(=C(CO)C(C)(C)C)c1ccccc1. The van der Waals surface area contributed by atoms with E-state index in [1.807, 2.05) is 30.3 Å². The summed E-state index contributed by atoms with van der Waals surface area (Å²) >= 11 is 0. The van der Waals surface area contributed by atoms with Gasteiger partial charge in [-0.25, -0.2) is 0 Å². The van der Waals surface area contributed by atoms with Gasteiger partial charge in [0, 0.05) is 11.1 Å². The lowest BCUT2D eigenvalue weighted by atomic mass is 9.85. The fraction of sp³-hybridized carbons (Fsp3) is 0.429. The Kier molecular flexibility index (Phi) is 4.13. The highest BCUT2D eigenvalue weighted by Crippen LogP contribution is 2.32. The van der Waals surface area contributed by atoms with Gasteiger partial charge in [0.25, 0.3) is 0 Å². The predicted molar refractivity (Wildman–Crippen MR) is 66.9 cm³/mol. The monoisotopic (exact) mass is 220 g/mol. The molecule has 1 rings (SSSR count). The van der Waals surface area contributed by atoms with Crippen molar-refractivity contribution < 1.29 is 9.84 Å². The van der Waals surface area contributed by atoms with Gasteiger partial charge in [-0.05, 0) is 5.41 Å². The Morgan fingerprint density at radius 3 is 2.12 bits per heavy atom. The van der Waals surface area contributed by atoms with Crippen molar-refractivity contribution in [3.63, 3.8) is 0 Å². The lowest BCUT2D eigenvalue weighted by Gasteiger charge is -2.24. The molecule has 16 heavy (non-hydrogen) atoms. The first-order chi connectivity index (χ1) is 7.50. The zero-order valence-corrected chi connectivity index (χ0v) is 10.4. The normalized spacial score (nSPS) is 13.3. The molecule has 0 aliphatic carbocycles. The molecule has 2 nitrogen and oxygen atoms in total. The number of aliphatic hydroxyl groups is 1. The standard InChI is InChI=1S/C14H20O2/c1-14(2,3)12(10-15)13(16-4)11-8-6-5-7-9-11/h5-9,15H,10H2,1-4H3. The Labute approximate surface area is 97.6 Å². The molecule has 1 aromatic carbocycles. The van der Waals surface area contributed by atoms with Crippen molar-refractivity contribution in [2.45, 2.75) is 20.8 Å². The van der Waals surface area contributed by atoms with Crippen LogP contribution in [0.3, 0.4) is 0 Å². The first-order valence-electron chi connectivity index (χ1n) is 5.44. The van der Waals surface area contributed by atoms with Crippen LogP contribution >= 0.6 is 0 Å². The molecule has 1 aromatic rings. The van der Waals surface area contributed by atoms with Gasteiger partial charge in [0.2, 0.25) is 0 Å². The number of benzene rings is 1. The predicted octanol–water partition coefficient (Wildman–Crippen LogP) is 3.08. The maximum absolute atomic E-state index is 9.49. The van der Waals surface area contributed by atoms with Gasteiger partial charge in [-0.1, -0.05) is 51.1 Å². The van der Waals surface area contributed by atoms with Crippen LogP contribution in [0, 0.1) is 5.41 Å². The highest BCUT2D eigenvalue weighted by Gasteiger charge is 2.22. The Balaban J connectivity index is 3.28. The van der Waals surface area contributed by atoms with Crippen molar-refractivity contribution >= 4 is 5.76 Å². The summed E-state index contributed by atoms with van der Waals surface area (Å²) in [5.74, 6) is 0.774. The Morgan fingerprint density at radius 1 is 1.19 bits per heavy atom. The van der Waals surface area contributed by atoms with Crippen LogP contribution in [0.1, 0.15) is 26.3 Å². The van der Waals surface area contributed by atoms with Gasteiger partial charge < -0.3 is 9.84 Å². The van der Waals surface area contributed by atoms with Gasteiger partial charge in [0.05, 0.1) is 13.7 Å². The molecule has 2 heteroatoms. The van der Waals surface area contributed by atoms with E-state index in [1.54, 1.807) is 7.11 Å². The third kappa shape index (κ3) is 2.86. The maximum Gasteiger partial charge on any atom is 0.128 e. The molecular weight excluding hydrogens is 200 g/mol. The Morgan fingerprint density at radius 2 is 1.75 bits per heavy atom. The number of hydrogen-bond acceptors (Lipinski definition) is 2. The van der Waals surface area contributed by atoms with E-state index in [4.69, 9.17) is 4.74 Å². The van der Waals surface area contributed by atoms with E-state index in [1.165, 1.54) is 0 Å². The summed E-state index contributed by atoms with van der Waals surface area (Å²) in [4.78, 5) is 0. The van der Waals surface area contributed by atoms with E-state index in [0.717, 1.165) is 16.9 Å². The van der Waals surface area contributed by atoms with Crippen LogP contribution in [0.15, 0.2) is 35.9 Å². The van der Waals surface area contributed by atoms with E-state index in [0.29, 0.717) is 0 Å². The molecular formula is C14H20O2. The van der Waals surface area contributed by atoms with Crippen molar-refractivity contribution in [1.82, 2.24) is 0 Å². The summed E-state index contributed by atoms with van der Waals surface area (Å²) in [7, 11) is 1.64. The smallest absolute Gasteiger partial charge is 0.128 e. The molecule has 0 bridgehead atoms. The minimum atomic E-state index is -0.101. The fourth-order valence-corrected chi connectivity index (χ4v) is 1.65. The zero-order chi connectivity index (χ0) is 12.2. The van der Waals surface area contributed by atoms with Crippen molar-refractivity contribution in [3.8, 4) is 0 Å².